The van der Waals surface area contributed by atoms with Gasteiger partial charge in [0.15, 0.2) is 0 Å². The fourth-order valence-corrected chi connectivity index (χ4v) is 3.20. The second kappa shape index (κ2) is 6.99. The van der Waals surface area contributed by atoms with Crippen molar-refractivity contribution in [3.8, 4) is 0 Å². The molecule has 0 heterocycles. The molecule has 2 aromatic carbocycles. The van der Waals surface area contributed by atoms with Crippen molar-refractivity contribution >= 4 is 23.4 Å². The zero-order chi connectivity index (χ0) is 13.7. The Morgan fingerprint density at radius 3 is 2.42 bits per heavy atom. The Balaban J connectivity index is 2.04. The standard InChI is InChI=1S/C16H18ClNS/c1-12-7-9-13(10-8-12)19-11-16(18-2)14-5-3-4-6-15(14)17/h3-10,16,18H,11H2,1-2H3. The highest BCUT2D eigenvalue weighted by atomic mass is 35.5. The molecular formula is C16H18ClNS. The molecule has 0 amide bonds. The highest BCUT2D eigenvalue weighted by molar-refractivity contribution is 7.99. The maximum absolute atomic E-state index is 6.25. The van der Waals surface area contributed by atoms with Crippen LogP contribution < -0.4 is 5.32 Å². The average Bonchev–Trinajstić information content (AvgIpc) is 2.43. The molecule has 0 fully saturated rings. The van der Waals surface area contributed by atoms with Crippen LogP contribution in [0, 0.1) is 6.92 Å². The fourth-order valence-electron chi connectivity index (χ4n) is 1.90. The molecule has 1 atom stereocenters. The van der Waals surface area contributed by atoms with Gasteiger partial charge in [0.25, 0.3) is 0 Å². The minimum Gasteiger partial charge on any atom is -0.312 e. The lowest BCUT2D eigenvalue weighted by atomic mass is 10.1. The zero-order valence-electron chi connectivity index (χ0n) is 11.2. The molecule has 1 nitrogen and oxygen atoms in total. The van der Waals surface area contributed by atoms with Gasteiger partial charge in [-0.1, -0.05) is 47.5 Å². The summed E-state index contributed by atoms with van der Waals surface area (Å²) < 4.78 is 0. The van der Waals surface area contributed by atoms with E-state index in [-0.39, 0.29) is 6.04 Å². The summed E-state index contributed by atoms with van der Waals surface area (Å²) in [5.74, 6) is 0.962. The largest absolute Gasteiger partial charge is 0.312 e. The third kappa shape index (κ3) is 4.00. The highest BCUT2D eigenvalue weighted by Crippen LogP contribution is 2.28. The normalized spacial score (nSPS) is 12.4. The van der Waals surface area contributed by atoms with Gasteiger partial charge in [-0.15, -0.1) is 11.8 Å². The third-order valence-electron chi connectivity index (χ3n) is 3.07. The van der Waals surface area contributed by atoms with E-state index in [9.17, 15) is 0 Å². The smallest absolute Gasteiger partial charge is 0.0454 e. The number of aryl methyl sites for hydroxylation is 1. The molecule has 0 radical (unpaired) electrons. The molecular weight excluding hydrogens is 274 g/mol. The first kappa shape index (κ1) is 14.4. The Kier molecular flexibility index (Phi) is 5.32. The Morgan fingerprint density at radius 2 is 1.79 bits per heavy atom. The molecule has 100 valence electrons. The first-order valence-electron chi connectivity index (χ1n) is 6.32. The van der Waals surface area contributed by atoms with E-state index in [1.165, 1.54) is 10.5 Å². The van der Waals surface area contributed by atoms with E-state index in [1.807, 2.05) is 37.0 Å². The number of hydrogen-bond acceptors (Lipinski definition) is 2. The summed E-state index contributed by atoms with van der Waals surface area (Å²) in [5, 5.41) is 4.16. The molecule has 3 heteroatoms. The summed E-state index contributed by atoms with van der Waals surface area (Å²) in [5.41, 5.74) is 2.45. The molecule has 0 bridgehead atoms. The zero-order valence-corrected chi connectivity index (χ0v) is 12.8. The van der Waals surface area contributed by atoms with Gasteiger partial charge < -0.3 is 5.32 Å². The lowest BCUT2D eigenvalue weighted by Gasteiger charge is -2.17. The Morgan fingerprint density at radius 1 is 1.11 bits per heavy atom. The van der Waals surface area contributed by atoms with Crippen LogP contribution in [0.4, 0.5) is 0 Å². The van der Waals surface area contributed by atoms with Gasteiger partial charge in [0, 0.05) is 21.7 Å². The summed E-state index contributed by atoms with van der Waals surface area (Å²) in [6, 6.07) is 16.9. The van der Waals surface area contributed by atoms with Crippen LogP contribution in [0.15, 0.2) is 53.4 Å². The number of nitrogens with one attached hydrogen (secondary N) is 1. The van der Waals surface area contributed by atoms with Crippen molar-refractivity contribution in [1.29, 1.82) is 0 Å². The highest BCUT2D eigenvalue weighted by Gasteiger charge is 2.12. The van der Waals surface area contributed by atoms with Crippen molar-refractivity contribution in [2.45, 2.75) is 17.9 Å². The lowest BCUT2D eigenvalue weighted by molar-refractivity contribution is 0.662. The maximum Gasteiger partial charge on any atom is 0.0454 e. The molecule has 0 aliphatic rings. The van der Waals surface area contributed by atoms with Gasteiger partial charge in [0.05, 0.1) is 0 Å². The first-order chi connectivity index (χ1) is 9.20. The summed E-state index contributed by atoms with van der Waals surface area (Å²) >= 11 is 8.10. The molecule has 0 aromatic heterocycles. The summed E-state index contributed by atoms with van der Waals surface area (Å²) in [7, 11) is 1.98. The molecule has 2 aromatic rings. The molecule has 1 N–H and O–H groups in total. The monoisotopic (exact) mass is 291 g/mol. The molecule has 0 aliphatic carbocycles. The van der Waals surface area contributed by atoms with Crippen molar-refractivity contribution in [1.82, 2.24) is 5.32 Å². The van der Waals surface area contributed by atoms with Crippen LogP contribution in [0.5, 0.6) is 0 Å². The summed E-state index contributed by atoms with van der Waals surface area (Å²) in [4.78, 5) is 1.29. The lowest BCUT2D eigenvalue weighted by Crippen LogP contribution is -2.19. The minimum atomic E-state index is 0.264. The van der Waals surface area contributed by atoms with Crippen LogP contribution in [-0.4, -0.2) is 12.8 Å². The van der Waals surface area contributed by atoms with Crippen LogP contribution in [0.1, 0.15) is 17.2 Å². The molecule has 2 rings (SSSR count). The van der Waals surface area contributed by atoms with Crippen LogP contribution in [0.3, 0.4) is 0 Å². The van der Waals surface area contributed by atoms with Gasteiger partial charge in [0.2, 0.25) is 0 Å². The second-order valence-corrected chi connectivity index (χ2v) is 5.99. The predicted octanol–water partition coefficient (Wildman–Crippen LogP) is 4.70. The molecule has 0 saturated heterocycles. The topological polar surface area (TPSA) is 12.0 Å². The van der Waals surface area contributed by atoms with Crippen molar-refractivity contribution in [2.24, 2.45) is 0 Å². The van der Waals surface area contributed by atoms with Crippen molar-refractivity contribution in [3.63, 3.8) is 0 Å². The van der Waals surface area contributed by atoms with E-state index < -0.39 is 0 Å². The number of benzene rings is 2. The van der Waals surface area contributed by atoms with Crippen molar-refractivity contribution in [3.05, 3.63) is 64.7 Å². The van der Waals surface area contributed by atoms with Gasteiger partial charge in [-0.3, -0.25) is 0 Å². The minimum absolute atomic E-state index is 0.264. The Labute approximate surface area is 124 Å². The van der Waals surface area contributed by atoms with Gasteiger partial charge in [-0.05, 0) is 37.7 Å². The van der Waals surface area contributed by atoms with Crippen LogP contribution >= 0.6 is 23.4 Å². The van der Waals surface area contributed by atoms with Crippen LogP contribution in [0.2, 0.25) is 5.02 Å². The number of halogens is 1. The van der Waals surface area contributed by atoms with E-state index in [1.54, 1.807) is 0 Å². The summed E-state index contributed by atoms with van der Waals surface area (Å²) in [6.07, 6.45) is 0. The quantitative estimate of drug-likeness (QED) is 0.801. The van der Waals surface area contributed by atoms with E-state index >= 15 is 0 Å². The second-order valence-electron chi connectivity index (χ2n) is 4.49. The Bertz CT molecular complexity index is 525. The predicted molar refractivity (Wildman–Crippen MR) is 85.2 cm³/mol. The average molecular weight is 292 g/mol. The number of rotatable bonds is 5. The van der Waals surface area contributed by atoms with E-state index in [0.29, 0.717) is 0 Å². The maximum atomic E-state index is 6.25. The van der Waals surface area contributed by atoms with Gasteiger partial charge in [-0.25, -0.2) is 0 Å². The van der Waals surface area contributed by atoms with Gasteiger partial charge >= 0.3 is 0 Å². The number of hydrogen-bond donors (Lipinski definition) is 1. The number of thioether (sulfide) groups is 1. The molecule has 0 spiro atoms. The fraction of sp³-hybridized carbons (Fsp3) is 0.250. The van der Waals surface area contributed by atoms with E-state index in [2.05, 4.69) is 42.6 Å². The molecule has 0 saturated carbocycles. The van der Waals surface area contributed by atoms with Crippen molar-refractivity contribution < 1.29 is 0 Å². The first-order valence-corrected chi connectivity index (χ1v) is 7.68. The molecule has 0 aliphatic heterocycles. The Hall–Kier alpha value is -0.960. The van der Waals surface area contributed by atoms with Gasteiger partial charge in [-0.2, -0.15) is 0 Å². The molecule has 19 heavy (non-hydrogen) atoms. The van der Waals surface area contributed by atoms with E-state index in [0.717, 1.165) is 16.3 Å². The van der Waals surface area contributed by atoms with Crippen LogP contribution in [0.25, 0.3) is 0 Å². The summed E-state index contributed by atoms with van der Waals surface area (Å²) in [6.45, 7) is 2.11. The van der Waals surface area contributed by atoms with Gasteiger partial charge in [0.1, 0.15) is 0 Å². The molecule has 1 unspecified atom stereocenters. The third-order valence-corrected chi connectivity index (χ3v) is 4.52. The van der Waals surface area contributed by atoms with Crippen molar-refractivity contribution in [2.75, 3.05) is 12.8 Å². The SMILES string of the molecule is CNC(CSc1ccc(C)cc1)c1ccccc1Cl. The van der Waals surface area contributed by atoms with E-state index in [4.69, 9.17) is 11.6 Å². The van der Waals surface area contributed by atoms with Crippen LogP contribution in [-0.2, 0) is 0 Å².